The molecule has 0 saturated carbocycles. The Labute approximate surface area is 93.1 Å². The van der Waals surface area contributed by atoms with Crippen LogP contribution in [0.1, 0.15) is 18.7 Å². The molecular formula is C10H14N6. The first-order valence-corrected chi connectivity index (χ1v) is 5.47. The van der Waals surface area contributed by atoms with Crippen LogP contribution < -0.4 is 5.73 Å². The molecule has 2 N–H and O–H groups in total. The number of hydrogen-bond donors (Lipinski definition) is 1. The van der Waals surface area contributed by atoms with Crippen LogP contribution >= 0.6 is 0 Å². The van der Waals surface area contributed by atoms with Gasteiger partial charge in [0.15, 0.2) is 11.5 Å². The van der Waals surface area contributed by atoms with Gasteiger partial charge in [0.05, 0.1) is 5.69 Å². The molecule has 2 aromatic heterocycles. The summed E-state index contributed by atoms with van der Waals surface area (Å²) in [4.78, 5) is 0. The van der Waals surface area contributed by atoms with Crippen LogP contribution in [0.4, 0.5) is 5.69 Å². The number of aromatic nitrogens is 5. The molecule has 0 aromatic carbocycles. The van der Waals surface area contributed by atoms with E-state index in [9.17, 15) is 0 Å². The molecule has 1 aliphatic rings. The van der Waals surface area contributed by atoms with Gasteiger partial charge in [-0.2, -0.15) is 5.10 Å². The predicted octanol–water partition coefficient (Wildman–Crippen LogP) is 0.597. The van der Waals surface area contributed by atoms with Gasteiger partial charge in [0.25, 0.3) is 0 Å². The van der Waals surface area contributed by atoms with Crippen LogP contribution in [0.3, 0.4) is 0 Å². The summed E-state index contributed by atoms with van der Waals surface area (Å²) in [5.74, 6) is 1.85. The summed E-state index contributed by atoms with van der Waals surface area (Å²) in [6, 6.07) is 0. The fraction of sp³-hybridized carbons (Fsp3) is 0.500. The Balaban J connectivity index is 2.13. The number of anilines is 1. The summed E-state index contributed by atoms with van der Waals surface area (Å²) in [6.07, 6.45) is 5.15. The third-order valence-corrected chi connectivity index (χ3v) is 2.93. The lowest BCUT2D eigenvalue weighted by molar-refractivity contribution is 0.525. The van der Waals surface area contributed by atoms with Gasteiger partial charge in [-0.05, 0) is 12.8 Å². The third-order valence-electron chi connectivity index (χ3n) is 2.93. The van der Waals surface area contributed by atoms with Crippen molar-refractivity contribution in [3.63, 3.8) is 0 Å². The molecule has 0 fully saturated rings. The zero-order chi connectivity index (χ0) is 11.1. The molecule has 0 bridgehead atoms. The van der Waals surface area contributed by atoms with Crippen molar-refractivity contribution in [1.82, 2.24) is 24.5 Å². The van der Waals surface area contributed by atoms with E-state index in [1.807, 2.05) is 7.05 Å². The summed E-state index contributed by atoms with van der Waals surface area (Å²) < 4.78 is 3.83. The van der Waals surface area contributed by atoms with Gasteiger partial charge in [-0.1, -0.05) is 0 Å². The minimum Gasteiger partial charge on any atom is -0.396 e. The van der Waals surface area contributed by atoms with Crippen molar-refractivity contribution in [1.29, 1.82) is 0 Å². The molecule has 0 saturated heterocycles. The van der Waals surface area contributed by atoms with Crippen molar-refractivity contribution in [2.75, 3.05) is 5.73 Å². The van der Waals surface area contributed by atoms with Crippen molar-refractivity contribution in [2.24, 2.45) is 7.05 Å². The maximum atomic E-state index is 5.90. The molecule has 0 unspecified atom stereocenters. The minimum absolute atomic E-state index is 0.656. The Morgan fingerprint density at radius 1 is 1.31 bits per heavy atom. The lowest BCUT2D eigenvalue weighted by Crippen LogP contribution is -2.12. The van der Waals surface area contributed by atoms with E-state index in [1.165, 1.54) is 12.8 Å². The SMILES string of the molecule is Cn1cc(N)c(-c2nnc3n2CCCC3)n1. The molecule has 16 heavy (non-hydrogen) atoms. The van der Waals surface area contributed by atoms with E-state index in [4.69, 9.17) is 5.73 Å². The second-order valence-corrected chi connectivity index (χ2v) is 4.16. The van der Waals surface area contributed by atoms with Gasteiger partial charge in [-0.3, -0.25) is 4.68 Å². The molecule has 0 aliphatic carbocycles. The molecule has 6 heteroatoms. The Morgan fingerprint density at radius 3 is 2.94 bits per heavy atom. The second kappa shape index (κ2) is 3.33. The van der Waals surface area contributed by atoms with Gasteiger partial charge in [-0.25, -0.2) is 0 Å². The van der Waals surface area contributed by atoms with Crippen LogP contribution in [0.2, 0.25) is 0 Å². The lowest BCUT2D eigenvalue weighted by atomic mass is 10.1. The number of nitrogens with zero attached hydrogens (tertiary/aromatic N) is 5. The minimum atomic E-state index is 0.656. The Hall–Kier alpha value is -1.85. The van der Waals surface area contributed by atoms with Gasteiger partial charge in [0, 0.05) is 26.2 Å². The molecule has 6 nitrogen and oxygen atoms in total. The van der Waals surface area contributed by atoms with Gasteiger partial charge in [-0.15, -0.1) is 10.2 Å². The van der Waals surface area contributed by atoms with E-state index in [-0.39, 0.29) is 0 Å². The number of nitrogen functional groups attached to an aromatic ring is 1. The first-order valence-electron chi connectivity index (χ1n) is 5.47. The third kappa shape index (κ3) is 1.30. The van der Waals surface area contributed by atoms with Crippen molar-refractivity contribution < 1.29 is 0 Å². The predicted molar refractivity (Wildman–Crippen MR) is 59.6 cm³/mol. The van der Waals surface area contributed by atoms with Gasteiger partial charge in [0.2, 0.25) is 0 Å². The van der Waals surface area contributed by atoms with Crippen molar-refractivity contribution in [3.8, 4) is 11.5 Å². The van der Waals surface area contributed by atoms with Crippen LogP contribution in [-0.4, -0.2) is 24.5 Å². The first-order chi connectivity index (χ1) is 7.75. The van der Waals surface area contributed by atoms with Crippen molar-refractivity contribution in [3.05, 3.63) is 12.0 Å². The number of nitrogens with two attached hydrogens (primary N) is 1. The highest BCUT2D eigenvalue weighted by Crippen LogP contribution is 2.25. The highest BCUT2D eigenvalue weighted by atomic mass is 15.3. The molecule has 2 aromatic rings. The molecule has 1 aliphatic heterocycles. The lowest BCUT2D eigenvalue weighted by Gasteiger charge is -2.13. The molecule has 0 amide bonds. The van der Waals surface area contributed by atoms with Crippen LogP contribution in [0.25, 0.3) is 11.5 Å². The van der Waals surface area contributed by atoms with Crippen molar-refractivity contribution >= 4 is 5.69 Å². The van der Waals surface area contributed by atoms with Crippen LogP contribution in [0.5, 0.6) is 0 Å². The Bertz CT molecular complexity index is 523. The maximum absolute atomic E-state index is 5.90. The molecule has 0 radical (unpaired) electrons. The van der Waals surface area contributed by atoms with E-state index < -0.39 is 0 Å². The van der Waals surface area contributed by atoms with E-state index >= 15 is 0 Å². The van der Waals surface area contributed by atoms with E-state index in [1.54, 1.807) is 10.9 Å². The number of aryl methyl sites for hydroxylation is 2. The quantitative estimate of drug-likeness (QED) is 0.760. The smallest absolute Gasteiger partial charge is 0.186 e. The monoisotopic (exact) mass is 218 g/mol. The molecule has 0 atom stereocenters. The molecule has 84 valence electrons. The number of fused-ring (bicyclic) bond motifs is 1. The Morgan fingerprint density at radius 2 is 2.19 bits per heavy atom. The van der Waals surface area contributed by atoms with Gasteiger partial charge < -0.3 is 10.3 Å². The van der Waals surface area contributed by atoms with Gasteiger partial charge in [0.1, 0.15) is 5.82 Å². The maximum Gasteiger partial charge on any atom is 0.186 e. The topological polar surface area (TPSA) is 74.6 Å². The standard InChI is InChI=1S/C10H14N6/c1-15-6-7(11)9(14-15)10-13-12-8-4-2-3-5-16(8)10/h6H,2-5,11H2,1H3. The van der Waals surface area contributed by atoms with E-state index in [0.717, 1.165) is 30.3 Å². The summed E-state index contributed by atoms with van der Waals surface area (Å²) in [5, 5.41) is 12.7. The van der Waals surface area contributed by atoms with E-state index in [2.05, 4.69) is 19.9 Å². The average Bonchev–Trinajstić information content (AvgIpc) is 2.81. The summed E-state index contributed by atoms with van der Waals surface area (Å²) >= 11 is 0. The van der Waals surface area contributed by atoms with Crippen LogP contribution in [-0.2, 0) is 20.0 Å². The molecule has 3 heterocycles. The summed E-state index contributed by atoms with van der Waals surface area (Å²) in [5.41, 5.74) is 7.30. The molecular weight excluding hydrogens is 204 g/mol. The number of rotatable bonds is 1. The zero-order valence-corrected chi connectivity index (χ0v) is 9.22. The normalized spacial score (nSPS) is 15.1. The van der Waals surface area contributed by atoms with Crippen LogP contribution in [0.15, 0.2) is 6.20 Å². The Kier molecular flexibility index (Phi) is 1.95. The summed E-state index contributed by atoms with van der Waals surface area (Å²) in [6.45, 7) is 0.966. The number of hydrogen-bond acceptors (Lipinski definition) is 4. The van der Waals surface area contributed by atoms with Gasteiger partial charge >= 0.3 is 0 Å². The first kappa shape index (κ1) is 9.38. The highest BCUT2D eigenvalue weighted by Gasteiger charge is 2.20. The van der Waals surface area contributed by atoms with E-state index in [0.29, 0.717) is 5.69 Å². The molecule has 3 rings (SSSR count). The fourth-order valence-electron chi connectivity index (χ4n) is 2.16. The molecule has 0 spiro atoms. The fourth-order valence-corrected chi connectivity index (χ4v) is 2.16. The largest absolute Gasteiger partial charge is 0.396 e. The van der Waals surface area contributed by atoms with Crippen LogP contribution in [0, 0.1) is 0 Å². The average molecular weight is 218 g/mol. The second-order valence-electron chi connectivity index (χ2n) is 4.16. The summed E-state index contributed by atoms with van der Waals surface area (Å²) in [7, 11) is 1.85. The zero-order valence-electron chi connectivity index (χ0n) is 9.22. The highest BCUT2D eigenvalue weighted by molar-refractivity contribution is 5.66. The van der Waals surface area contributed by atoms with Crippen molar-refractivity contribution in [2.45, 2.75) is 25.8 Å².